The van der Waals surface area contributed by atoms with Crippen molar-refractivity contribution in [2.75, 3.05) is 6.61 Å². The van der Waals surface area contributed by atoms with Crippen LogP contribution in [-0.2, 0) is 0 Å². The molecule has 0 heterocycles. The number of unbranched alkanes of at least 4 members (excludes halogenated alkanes) is 7. The average Bonchev–Trinajstić information content (AvgIpc) is 2.03. The van der Waals surface area contributed by atoms with Gasteiger partial charge in [-0.2, -0.15) is 0 Å². The summed E-state index contributed by atoms with van der Waals surface area (Å²) in [6.45, 7) is 2.61. The summed E-state index contributed by atoms with van der Waals surface area (Å²) in [7, 11) is 0. The summed E-state index contributed by atoms with van der Waals surface area (Å²) in [4.78, 5) is 0. The van der Waals surface area contributed by atoms with Gasteiger partial charge in [0.05, 0.1) is 0 Å². The second-order valence-corrected chi connectivity index (χ2v) is 3.20. The number of aliphatic hydroxyl groups is 1. The molecule has 0 aliphatic carbocycles. The zero-order chi connectivity index (χ0) is 8.36. The quantitative estimate of drug-likeness (QED) is 0.541. The van der Waals surface area contributed by atoms with E-state index >= 15 is 0 Å². The van der Waals surface area contributed by atoms with Crippen LogP contribution in [0.15, 0.2) is 0 Å². The Kier molecular flexibility index (Phi) is 9.92. The molecule has 0 aromatic carbocycles. The van der Waals surface area contributed by atoms with Gasteiger partial charge in [0.2, 0.25) is 0 Å². The van der Waals surface area contributed by atoms with Crippen molar-refractivity contribution < 1.29 is 5.11 Å². The van der Waals surface area contributed by atoms with Crippen LogP contribution in [0.2, 0.25) is 0 Å². The molecule has 0 atom stereocenters. The summed E-state index contributed by atoms with van der Waals surface area (Å²) in [5.41, 5.74) is 0. The number of aliphatic hydroxyl groups excluding tert-OH is 1. The first-order valence-corrected chi connectivity index (χ1v) is 5.02. The van der Waals surface area contributed by atoms with E-state index in [1.165, 1.54) is 44.9 Å². The van der Waals surface area contributed by atoms with Crippen molar-refractivity contribution in [1.29, 1.82) is 0 Å². The van der Waals surface area contributed by atoms with Crippen molar-refractivity contribution in [3.8, 4) is 0 Å². The molecule has 0 bridgehead atoms. The van der Waals surface area contributed by atoms with Crippen LogP contribution in [0.5, 0.6) is 0 Å². The summed E-state index contributed by atoms with van der Waals surface area (Å²) >= 11 is 0. The monoisotopic (exact) mass is 160 g/mol. The van der Waals surface area contributed by atoms with E-state index in [-0.39, 0.29) is 0 Å². The van der Waals surface area contributed by atoms with Gasteiger partial charge < -0.3 is 5.11 Å². The van der Waals surface area contributed by atoms with E-state index in [4.69, 9.17) is 5.11 Å². The standard InChI is InChI=1S/C10H22O/c1-2-3-4-5-6-7-8-9-10-11/h11H,2-10H2,1H3/i10+2. The van der Waals surface area contributed by atoms with Crippen LogP contribution >= 0.6 is 0 Å². The third-order valence-corrected chi connectivity index (χ3v) is 2.01. The zero-order valence-electron chi connectivity index (χ0n) is 7.81. The highest BCUT2D eigenvalue weighted by molar-refractivity contribution is 4.44. The molecule has 0 rings (SSSR count). The van der Waals surface area contributed by atoms with E-state index in [2.05, 4.69) is 6.92 Å². The molecule has 0 radical (unpaired) electrons. The third kappa shape index (κ3) is 9.96. The molecule has 0 aromatic heterocycles. The maximum absolute atomic E-state index is 8.51. The molecule has 0 aromatic rings. The van der Waals surface area contributed by atoms with Crippen LogP contribution in [0.3, 0.4) is 0 Å². The van der Waals surface area contributed by atoms with Crippen molar-refractivity contribution in [3.05, 3.63) is 0 Å². The van der Waals surface area contributed by atoms with Crippen molar-refractivity contribution in [3.63, 3.8) is 0 Å². The number of hydrogen-bond acceptors (Lipinski definition) is 1. The average molecular weight is 160 g/mol. The molecule has 0 spiro atoms. The summed E-state index contributed by atoms with van der Waals surface area (Å²) in [6.07, 6.45) is 10.4. The highest BCUT2D eigenvalue weighted by atomic mass is 16.5. The molecule has 1 nitrogen and oxygen atoms in total. The number of hydrogen-bond donors (Lipinski definition) is 1. The van der Waals surface area contributed by atoms with Gasteiger partial charge in [-0.1, -0.05) is 51.9 Å². The fourth-order valence-electron chi connectivity index (χ4n) is 1.25. The van der Waals surface area contributed by atoms with Crippen LogP contribution < -0.4 is 0 Å². The lowest BCUT2D eigenvalue weighted by atomic mass is 10.1. The van der Waals surface area contributed by atoms with Crippen molar-refractivity contribution in [2.45, 2.75) is 58.3 Å². The highest BCUT2D eigenvalue weighted by Crippen LogP contribution is 2.07. The fourth-order valence-corrected chi connectivity index (χ4v) is 1.25. The maximum atomic E-state index is 8.51. The van der Waals surface area contributed by atoms with Gasteiger partial charge in [-0.05, 0) is 6.42 Å². The summed E-state index contributed by atoms with van der Waals surface area (Å²) in [5.74, 6) is 0. The van der Waals surface area contributed by atoms with E-state index in [0.29, 0.717) is 6.61 Å². The van der Waals surface area contributed by atoms with Crippen molar-refractivity contribution in [2.24, 2.45) is 0 Å². The Morgan fingerprint density at radius 3 is 2.00 bits per heavy atom. The topological polar surface area (TPSA) is 20.2 Å². The Morgan fingerprint density at radius 1 is 0.909 bits per heavy atom. The molecular weight excluding hydrogens is 138 g/mol. The molecule has 0 saturated heterocycles. The van der Waals surface area contributed by atoms with Crippen molar-refractivity contribution in [1.82, 2.24) is 0 Å². The van der Waals surface area contributed by atoms with Gasteiger partial charge in [-0.3, -0.25) is 0 Å². The fraction of sp³-hybridized carbons (Fsp3) is 1.00. The second kappa shape index (κ2) is 9.96. The minimum Gasteiger partial charge on any atom is -0.396 e. The first kappa shape index (κ1) is 11.0. The van der Waals surface area contributed by atoms with Gasteiger partial charge in [0.25, 0.3) is 0 Å². The van der Waals surface area contributed by atoms with Crippen LogP contribution in [-0.4, -0.2) is 11.7 Å². The minimum absolute atomic E-state index is 0.370. The van der Waals surface area contributed by atoms with Gasteiger partial charge >= 0.3 is 0 Å². The normalized spacial score (nSPS) is 10.4. The molecule has 1 N–H and O–H groups in total. The predicted molar refractivity (Wildman–Crippen MR) is 49.7 cm³/mol. The van der Waals surface area contributed by atoms with Gasteiger partial charge in [-0.25, -0.2) is 0 Å². The summed E-state index contributed by atoms with van der Waals surface area (Å²) in [6, 6.07) is 0. The largest absolute Gasteiger partial charge is 0.396 e. The van der Waals surface area contributed by atoms with Crippen LogP contribution in [0.4, 0.5) is 0 Å². The van der Waals surface area contributed by atoms with Crippen molar-refractivity contribution >= 4 is 0 Å². The summed E-state index contributed by atoms with van der Waals surface area (Å²) in [5, 5.41) is 8.51. The van der Waals surface area contributed by atoms with E-state index in [1.54, 1.807) is 0 Å². The minimum atomic E-state index is 0.370. The van der Waals surface area contributed by atoms with E-state index in [0.717, 1.165) is 6.42 Å². The highest BCUT2D eigenvalue weighted by Gasteiger charge is 1.89. The molecule has 11 heavy (non-hydrogen) atoms. The van der Waals surface area contributed by atoms with E-state index in [1.807, 2.05) is 0 Å². The molecule has 0 aliphatic rings. The molecule has 0 unspecified atom stereocenters. The predicted octanol–water partition coefficient (Wildman–Crippen LogP) is 3.12. The van der Waals surface area contributed by atoms with Crippen LogP contribution in [0.1, 0.15) is 58.3 Å². The van der Waals surface area contributed by atoms with Gasteiger partial charge in [0, 0.05) is 6.61 Å². The Balaban J connectivity index is 2.69. The first-order chi connectivity index (χ1) is 5.41. The molecule has 0 fully saturated rings. The molecular formula is C10H22O. The van der Waals surface area contributed by atoms with Gasteiger partial charge in [-0.15, -0.1) is 0 Å². The molecule has 68 valence electrons. The van der Waals surface area contributed by atoms with Crippen LogP contribution in [0, 0.1) is 0 Å². The smallest absolute Gasteiger partial charge is 0.0431 e. The lowest BCUT2D eigenvalue weighted by Crippen LogP contribution is -1.83. The first-order valence-electron chi connectivity index (χ1n) is 5.02. The van der Waals surface area contributed by atoms with Gasteiger partial charge in [0.15, 0.2) is 0 Å². The Labute approximate surface area is 70.8 Å². The Hall–Kier alpha value is -0.0400. The number of rotatable bonds is 8. The molecule has 0 saturated carbocycles. The van der Waals surface area contributed by atoms with E-state index in [9.17, 15) is 0 Å². The van der Waals surface area contributed by atoms with Gasteiger partial charge in [0.1, 0.15) is 0 Å². The van der Waals surface area contributed by atoms with Crippen LogP contribution in [0.25, 0.3) is 0 Å². The van der Waals surface area contributed by atoms with E-state index < -0.39 is 0 Å². The zero-order valence-corrected chi connectivity index (χ0v) is 7.81. The third-order valence-electron chi connectivity index (χ3n) is 2.01. The molecule has 1 heteroatoms. The molecule has 0 aliphatic heterocycles. The lowest BCUT2D eigenvalue weighted by Gasteiger charge is -1.98. The SMILES string of the molecule is CCCCCCCCC[14CH2]O. The molecule has 0 amide bonds. The Bertz CT molecular complexity index is 53.9. The lowest BCUT2D eigenvalue weighted by molar-refractivity contribution is 0.282. The second-order valence-electron chi connectivity index (χ2n) is 3.20. The summed E-state index contributed by atoms with van der Waals surface area (Å²) < 4.78 is 0. The Morgan fingerprint density at radius 2 is 1.45 bits per heavy atom. The maximum Gasteiger partial charge on any atom is 0.0431 e.